The molecule has 9 heteroatoms. The first kappa shape index (κ1) is 22.0. The number of amides is 1. The Bertz CT molecular complexity index is 1260. The fourth-order valence-corrected chi connectivity index (χ4v) is 5.60. The van der Waals surface area contributed by atoms with E-state index in [4.69, 9.17) is 0 Å². The monoisotopic (exact) mass is 454 g/mol. The van der Waals surface area contributed by atoms with Gasteiger partial charge in [0, 0.05) is 30.9 Å². The third kappa shape index (κ3) is 4.68. The SMILES string of the molecule is Cc1c[nH]c(=O)n1-c1ccccc1NC(=O)C1CCN(S(=O)(=O)Cc2ccccc2)CC1. The molecule has 1 aliphatic rings. The first-order chi connectivity index (χ1) is 15.3. The van der Waals surface area contributed by atoms with E-state index in [9.17, 15) is 18.0 Å². The minimum Gasteiger partial charge on any atom is -0.324 e. The number of aryl methyl sites for hydroxylation is 1. The maximum atomic E-state index is 12.9. The highest BCUT2D eigenvalue weighted by Gasteiger charge is 2.31. The lowest BCUT2D eigenvalue weighted by Gasteiger charge is -2.30. The average molecular weight is 455 g/mol. The summed E-state index contributed by atoms with van der Waals surface area (Å²) in [5.41, 5.74) is 2.34. The van der Waals surface area contributed by atoms with Gasteiger partial charge < -0.3 is 10.3 Å². The molecular weight excluding hydrogens is 428 g/mol. The van der Waals surface area contributed by atoms with E-state index in [2.05, 4.69) is 10.3 Å². The topological polar surface area (TPSA) is 104 Å². The second kappa shape index (κ2) is 9.13. The maximum Gasteiger partial charge on any atom is 0.330 e. The average Bonchev–Trinajstić information content (AvgIpc) is 3.12. The minimum absolute atomic E-state index is 0.0388. The van der Waals surface area contributed by atoms with Crippen molar-refractivity contribution in [3.8, 4) is 5.69 Å². The molecule has 32 heavy (non-hydrogen) atoms. The Morgan fingerprint density at radius 2 is 1.72 bits per heavy atom. The number of aromatic nitrogens is 2. The first-order valence-corrected chi connectivity index (χ1v) is 12.1. The van der Waals surface area contributed by atoms with Crippen LogP contribution >= 0.6 is 0 Å². The molecule has 0 saturated carbocycles. The summed E-state index contributed by atoms with van der Waals surface area (Å²) in [6.07, 6.45) is 2.52. The van der Waals surface area contributed by atoms with E-state index >= 15 is 0 Å². The Morgan fingerprint density at radius 3 is 2.38 bits per heavy atom. The van der Waals surface area contributed by atoms with Crippen LogP contribution in [-0.2, 0) is 20.6 Å². The molecule has 1 aliphatic heterocycles. The summed E-state index contributed by atoms with van der Waals surface area (Å²) in [6.45, 7) is 2.43. The number of aromatic amines is 1. The van der Waals surface area contributed by atoms with Crippen molar-refractivity contribution in [2.75, 3.05) is 18.4 Å². The summed E-state index contributed by atoms with van der Waals surface area (Å²) in [7, 11) is -3.43. The summed E-state index contributed by atoms with van der Waals surface area (Å²) < 4.78 is 28.5. The molecule has 1 fully saturated rings. The smallest absolute Gasteiger partial charge is 0.324 e. The zero-order valence-electron chi connectivity index (χ0n) is 17.8. The van der Waals surface area contributed by atoms with Crippen molar-refractivity contribution in [3.63, 3.8) is 0 Å². The summed E-state index contributed by atoms with van der Waals surface area (Å²) in [5.74, 6) is -0.503. The molecule has 4 rings (SSSR count). The Balaban J connectivity index is 1.41. The number of para-hydroxylation sites is 2. The molecule has 8 nitrogen and oxygen atoms in total. The van der Waals surface area contributed by atoms with Crippen molar-refractivity contribution in [2.24, 2.45) is 5.92 Å². The predicted octanol–water partition coefficient (Wildman–Crippen LogP) is 2.65. The lowest BCUT2D eigenvalue weighted by atomic mass is 9.97. The van der Waals surface area contributed by atoms with Crippen LogP contribution in [0.2, 0.25) is 0 Å². The van der Waals surface area contributed by atoms with Crippen molar-refractivity contribution < 1.29 is 13.2 Å². The zero-order valence-corrected chi connectivity index (χ0v) is 18.6. The van der Waals surface area contributed by atoms with Gasteiger partial charge in [0.25, 0.3) is 0 Å². The molecule has 3 aromatic rings. The van der Waals surface area contributed by atoms with Crippen LogP contribution in [0.15, 0.2) is 65.6 Å². The van der Waals surface area contributed by atoms with E-state index in [1.165, 1.54) is 8.87 Å². The van der Waals surface area contributed by atoms with Gasteiger partial charge >= 0.3 is 5.69 Å². The number of H-pyrrole nitrogens is 1. The van der Waals surface area contributed by atoms with Crippen molar-refractivity contribution in [3.05, 3.63) is 82.5 Å². The van der Waals surface area contributed by atoms with Crippen LogP contribution in [0.3, 0.4) is 0 Å². The van der Waals surface area contributed by atoms with Crippen LogP contribution in [0.5, 0.6) is 0 Å². The summed E-state index contributed by atoms with van der Waals surface area (Å²) in [6, 6.07) is 16.2. The van der Waals surface area contributed by atoms with E-state index in [0.717, 1.165) is 11.3 Å². The predicted molar refractivity (Wildman–Crippen MR) is 123 cm³/mol. The van der Waals surface area contributed by atoms with Crippen molar-refractivity contribution >= 4 is 21.6 Å². The normalized spacial score (nSPS) is 15.5. The number of nitrogens with zero attached hydrogens (tertiary/aromatic N) is 2. The Hall–Kier alpha value is -3.17. The van der Waals surface area contributed by atoms with Crippen LogP contribution in [-0.4, -0.2) is 41.3 Å². The number of sulfonamides is 1. The van der Waals surface area contributed by atoms with Crippen molar-refractivity contribution in [2.45, 2.75) is 25.5 Å². The molecule has 2 N–H and O–H groups in total. The van der Waals surface area contributed by atoms with E-state index in [1.807, 2.05) is 25.1 Å². The molecule has 1 aromatic heterocycles. The molecule has 0 spiro atoms. The van der Waals surface area contributed by atoms with Crippen LogP contribution in [0.4, 0.5) is 5.69 Å². The zero-order chi connectivity index (χ0) is 22.7. The standard InChI is InChI=1S/C23H26N4O4S/c1-17-15-24-23(29)27(17)21-10-6-5-9-20(21)25-22(28)19-11-13-26(14-12-19)32(30,31)16-18-7-3-2-4-8-18/h2-10,15,19H,11-14,16H2,1H3,(H,24,29)(H,25,28). The highest BCUT2D eigenvalue weighted by Crippen LogP contribution is 2.25. The molecule has 168 valence electrons. The van der Waals surface area contributed by atoms with Gasteiger partial charge in [-0.2, -0.15) is 0 Å². The number of anilines is 1. The largest absolute Gasteiger partial charge is 0.330 e. The number of rotatable bonds is 6. The summed E-state index contributed by atoms with van der Waals surface area (Å²) in [4.78, 5) is 27.8. The van der Waals surface area contributed by atoms with E-state index in [0.29, 0.717) is 37.3 Å². The maximum absolute atomic E-state index is 12.9. The van der Waals surface area contributed by atoms with Gasteiger partial charge in [-0.05, 0) is 37.5 Å². The van der Waals surface area contributed by atoms with Crippen LogP contribution in [0.1, 0.15) is 24.1 Å². The quantitative estimate of drug-likeness (QED) is 0.597. The van der Waals surface area contributed by atoms with Gasteiger partial charge in [-0.3, -0.25) is 9.36 Å². The second-order valence-electron chi connectivity index (χ2n) is 7.99. The van der Waals surface area contributed by atoms with E-state index in [1.54, 1.807) is 42.6 Å². The van der Waals surface area contributed by atoms with Gasteiger partial charge in [0.2, 0.25) is 15.9 Å². The van der Waals surface area contributed by atoms with Gasteiger partial charge in [-0.1, -0.05) is 42.5 Å². The third-order valence-corrected chi connectivity index (χ3v) is 7.62. The Kier molecular flexibility index (Phi) is 6.29. The highest BCUT2D eigenvalue weighted by atomic mass is 32.2. The number of imidazole rings is 1. The minimum atomic E-state index is -3.43. The first-order valence-electron chi connectivity index (χ1n) is 10.5. The number of hydrogen-bond donors (Lipinski definition) is 2. The number of carbonyl (C=O) groups excluding carboxylic acids is 1. The fourth-order valence-electron chi connectivity index (χ4n) is 4.04. The molecular formula is C23H26N4O4S. The van der Waals surface area contributed by atoms with Crippen molar-refractivity contribution in [1.82, 2.24) is 13.9 Å². The van der Waals surface area contributed by atoms with Crippen LogP contribution in [0, 0.1) is 12.8 Å². The molecule has 0 unspecified atom stereocenters. The lowest BCUT2D eigenvalue weighted by Crippen LogP contribution is -2.42. The lowest BCUT2D eigenvalue weighted by molar-refractivity contribution is -0.120. The highest BCUT2D eigenvalue weighted by molar-refractivity contribution is 7.88. The molecule has 1 saturated heterocycles. The summed E-state index contributed by atoms with van der Waals surface area (Å²) in [5, 5.41) is 2.94. The summed E-state index contributed by atoms with van der Waals surface area (Å²) >= 11 is 0. The van der Waals surface area contributed by atoms with Gasteiger partial charge in [0.15, 0.2) is 0 Å². The van der Waals surface area contributed by atoms with Gasteiger partial charge in [0.1, 0.15) is 0 Å². The van der Waals surface area contributed by atoms with E-state index in [-0.39, 0.29) is 23.3 Å². The molecule has 0 radical (unpaired) electrons. The Morgan fingerprint density at radius 1 is 1.06 bits per heavy atom. The van der Waals surface area contributed by atoms with Crippen LogP contribution in [0.25, 0.3) is 5.69 Å². The molecule has 1 amide bonds. The molecule has 2 heterocycles. The van der Waals surface area contributed by atoms with Gasteiger partial charge in [-0.15, -0.1) is 0 Å². The molecule has 0 bridgehead atoms. The van der Waals surface area contributed by atoms with Gasteiger partial charge in [0.05, 0.1) is 17.1 Å². The number of piperidine rings is 1. The molecule has 0 atom stereocenters. The van der Waals surface area contributed by atoms with Crippen molar-refractivity contribution in [1.29, 1.82) is 0 Å². The third-order valence-electron chi connectivity index (χ3n) is 5.77. The van der Waals surface area contributed by atoms with Crippen LogP contribution < -0.4 is 11.0 Å². The molecule has 0 aliphatic carbocycles. The number of benzene rings is 2. The number of nitrogens with one attached hydrogen (secondary N) is 2. The fraction of sp³-hybridized carbons (Fsp3) is 0.304. The number of carbonyl (C=O) groups is 1. The van der Waals surface area contributed by atoms with E-state index < -0.39 is 10.0 Å². The van der Waals surface area contributed by atoms with Gasteiger partial charge in [-0.25, -0.2) is 17.5 Å². The second-order valence-corrected chi connectivity index (χ2v) is 9.96. The number of hydrogen-bond acceptors (Lipinski definition) is 4. The molecule has 2 aromatic carbocycles. The Labute approximate surface area is 186 Å².